The molecule has 0 unspecified atom stereocenters. The summed E-state index contributed by atoms with van der Waals surface area (Å²) in [6.45, 7) is 1.89. The Balaban J connectivity index is 1.80. The van der Waals surface area contributed by atoms with Crippen LogP contribution in [0.5, 0.6) is 5.75 Å². The number of rotatable bonds is 4. The Morgan fingerprint density at radius 3 is 1.84 bits per heavy atom. The molecule has 3 aromatic rings. The molecule has 25 heavy (non-hydrogen) atoms. The zero-order valence-corrected chi connectivity index (χ0v) is 14.3. The number of hydrogen-bond acceptors (Lipinski definition) is 4. The molecular weight excluding hydrogens is 334 g/mol. The minimum absolute atomic E-state index is 0.120. The van der Waals surface area contributed by atoms with Gasteiger partial charge in [0.05, 0.1) is 11.6 Å². The monoisotopic (exact) mass is 349 g/mol. The first-order valence-corrected chi connectivity index (χ1v) is 9.00. The highest BCUT2D eigenvalue weighted by atomic mass is 32.2. The first kappa shape index (κ1) is 16.7. The normalized spacial score (nSPS) is 10.9. The van der Waals surface area contributed by atoms with E-state index in [4.69, 9.17) is 9.44 Å². The second kappa shape index (κ2) is 6.80. The molecule has 0 heterocycles. The lowest BCUT2D eigenvalue weighted by Gasteiger charge is -2.08. The molecular formula is C20H15NO3S. The van der Waals surface area contributed by atoms with Crippen LogP contribution in [-0.4, -0.2) is 8.42 Å². The number of hydrogen-bond donors (Lipinski definition) is 0. The molecule has 3 rings (SSSR count). The molecule has 0 saturated carbocycles. The fourth-order valence-electron chi connectivity index (χ4n) is 2.32. The van der Waals surface area contributed by atoms with Crippen LogP contribution in [0.25, 0.3) is 11.1 Å². The third-order valence-corrected chi connectivity index (χ3v) is 4.98. The van der Waals surface area contributed by atoms with Gasteiger partial charge in [-0.05, 0) is 54.4 Å². The number of nitriles is 1. The molecule has 4 nitrogen and oxygen atoms in total. The molecule has 0 radical (unpaired) electrons. The van der Waals surface area contributed by atoms with Crippen molar-refractivity contribution in [2.45, 2.75) is 11.8 Å². The van der Waals surface area contributed by atoms with E-state index in [1.165, 1.54) is 12.1 Å². The highest BCUT2D eigenvalue weighted by Gasteiger charge is 2.16. The Labute approximate surface area is 147 Å². The summed E-state index contributed by atoms with van der Waals surface area (Å²) in [5.41, 5.74) is 3.41. The number of benzene rings is 3. The fourth-order valence-corrected chi connectivity index (χ4v) is 3.25. The topological polar surface area (TPSA) is 67.2 Å². The van der Waals surface area contributed by atoms with Gasteiger partial charge in [0, 0.05) is 0 Å². The molecule has 0 fully saturated rings. The molecule has 0 aliphatic rings. The largest absolute Gasteiger partial charge is 0.379 e. The molecule has 0 spiro atoms. The predicted molar refractivity (Wildman–Crippen MR) is 95.6 cm³/mol. The second-order valence-electron chi connectivity index (χ2n) is 5.56. The molecule has 3 aromatic carbocycles. The quantitative estimate of drug-likeness (QED) is 0.659. The van der Waals surface area contributed by atoms with Crippen LogP contribution in [-0.2, 0) is 10.1 Å². The molecule has 0 aliphatic carbocycles. The maximum Gasteiger partial charge on any atom is 0.339 e. The van der Waals surface area contributed by atoms with Crippen molar-refractivity contribution >= 4 is 10.1 Å². The zero-order chi connectivity index (χ0) is 17.9. The van der Waals surface area contributed by atoms with Gasteiger partial charge in [0.25, 0.3) is 0 Å². The van der Waals surface area contributed by atoms with E-state index < -0.39 is 10.1 Å². The Morgan fingerprint density at radius 1 is 0.800 bits per heavy atom. The Hall–Kier alpha value is -3.10. The Bertz CT molecular complexity index is 1010. The summed E-state index contributed by atoms with van der Waals surface area (Å²) in [4.78, 5) is 0.120. The lowest BCUT2D eigenvalue weighted by Crippen LogP contribution is -2.09. The van der Waals surface area contributed by atoms with Crippen LogP contribution in [0.15, 0.2) is 77.7 Å². The predicted octanol–water partition coefficient (Wildman–Crippen LogP) is 4.30. The highest BCUT2D eigenvalue weighted by molar-refractivity contribution is 7.87. The van der Waals surface area contributed by atoms with Gasteiger partial charge in [-0.3, -0.25) is 0 Å². The molecule has 0 amide bonds. The van der Waals surface area contributed by atoms with Crippen molar-refractivity contribution in [1.29, 1.82) is 5.26 Å². The minimum Gasteiger partial charge on any atom is -0.379 e. The maximum atomic E-state index is 12.3. The summed E-state index contributed by atoms with van der Waals surface area (Å²) in [5, 5.41) is 8.83. The van der Waals surface area contributed by atoms with Gasteiger partial charge in [-0.2, -0.15) is 13.7 Å². The van der Waals surface area contributed by atoms with Gasteiger partial charge in [-0.25, -0.2) is 0 Å². The van der Waals surface area contributed by atoms with Crippen molar-refractivity contribution in [1.82, 2.24) is 0 Å². The van der Waals surface area contributed by atoms with Gasteiger partial charge in [0.1, 0.15) is 10.6 Å². The van der Waals surface area contributed by atoms with Crippen LogP contribution in [0, 0.1) is 18.3 Å². The van der Waals surface area contributed by atoms with Gasteiger partial charge >= 0.3 is 10.1 Å². The van der Waals surface area contributed by atoms with E-state index >= 15 is 0 Å². The molecule has 0 aliphatic heterocycles. The van der Waals surface area contributed by atoms with E-state index in [0.29, 0.717) is 5.56 Å². The zero-order valence-electron chi connectivity index (χ0n) is 13.5. The van der Waals surface area contributed by atoms with Gasteiger partial charge in [-0.15, -0.1) is 0 Å². The molecule has 5 heteroatoms. The third kappa shape index (κ3) is 3.87. The number of aryl methyl sites for hydroxylation is 1. The number of nitrogens with zero attached hydrogens (tertiary/aromatic N) is 1. The molecule has 124 valence electrons. The second-order valence-corrected chi connectivity index (χ2v) is 7.11. The van der Waals surface area contributed by atoms with Gasteiger partial charge in [0.15, 0.2) is 0 Å². The maximum absolute atomic E-state index is 12.3. The van der Waals surface area contributed by atoms with E-state index in [9.17, 15) is 8.42 Å². The summed E-state index contributed by atoms with van der Waals surface area (Å²) >= 11 is 0. The van der Waals surface area contributed by atoms with E-state index in [2.05, 4.69) is 6.07 Å². The van der Waals surface area contributed by atoms with Gasteiger partial charge < -0.3 is 4.18 Å². The van der Waals surface area contributed by atoms with Crippen molar-refractivity contribution < 1.29 is 12.6 Å². The van der Waals surface area contributed by atoms with Crippen LogP contribution in [0.3, 0.4) is 0 Å². The molecule has 0 aromatic heterocycles. The summed E-state index contributed by atoms with van der Waals surface area (Å²) < 4.78 is 29.8. The van der Waals surface area contributed by atoms with Gasteiger partial charge in [-0.1, -0.05) is 42.0 Å². The SMILES string of the molecule is Cc1ccc(S(=O)(=O)Oc2ccc(-c3ccc(C#N)cc3)cc2)cc1. The Kier molecular flexibility index (Phi) is 4.55. The first-order chi connectivity index (χ1) is 12.0. The fraction of sp³-hybridized carbons (Fsp3) is 0.0500. The van der Waals surface area contributed by atoms with Crippen LogP contribution in [0.1, 0.15) is 11.1 Å². The van der Waals surface area contributed by atoms with Crippen LogP contribution < -0.4 is 4.18 Å². The first-order valence-electron chi connectivity index (χ1n) is 7.60. The minimum atomic E-state index is -3.85. The van der Waals surface area contributed by atoms with Gasteiger partial charge in [0.2, 0.25) is 0 Å². The van der Waals surface area contributed by atoms with Crippen LogP contribution in [0.2, 0.25) is 0 Å². The average Bonchev–Trinajstić information content (AvgIpc) is 2.62. The molecule has 0 N–H and O–H groups in total. The highest BCUT2D eigenvalue weighted by Crippen LogP contribution is 2.25. The lowest BCUT2D eigenvalue weighted by molar-refractivity contribution is 0.486. The van der Waals surface area contributed by atoms with Crippen LogP contribution in [0.4, 0.5) is 0 Å². The third-order valence-electron chi connectivity index (χ3n) is 3.72. The van der Waals surface area contributed by atoms with E-state index in [-0.39, 0.29) is 10.6 Å². The standard InChI is InChI=1S/C20H15NO3S/c1-15-2-12-20(13-3-15)25(22,23)24-19-10-8-18(9-11-19)17-6-4-16(14-21)5-7-17/h2-13H,1H3. The Morgan fingerprint density at radius 2 is 1.32 bits per heavy atom. The summed E-state index contributed by atoms with van der Waals surface area (Å²) in [5.74, 6) is 0.248. The summed E-state index contributed by atoms with van der Waals surface area (Å²) in [6.07, 6.45) is 0. The van der Waals surface area contributed by atoms with E-state index in [1.807, 2.05) is 19.1 Å². The van der Waals surface area contributed by atoms with Crippen molar-refractivity contribution in [2.24, 2.45) is 0 Å². The average molecular weight is 349 g/mol. The summed E-state index contributed by atoms with van der Waals surface area (Å²) in [6, 6.07) is 22.5. The van der Waals surface area contributed by atoms with Crippen LogP contribution >= 0.6 is 0 Å². The molecule has 0 atom stereocenters. The van der Waals surface area contributed by atoms with E-state index in [1.54, 1.807) is 48.5 Å². The van der Waals surface area contributed by atoms with Crippen molar-refractivity contribution in [3.05, 3.63) is 83.9 Å². The van der Waals surface area contributed by atoms with Crippen molar-refractivity contribution in [2.75, 3.05) is 0 Å². The smallest absolute Gasteiger partial charge is 0.339 e. The molecule has 0 saturated heterocycles. The van der Waals surface area contributed by atoms with Crippen molar-refractivity contribution in [3.63, 3.8) is 0 Å². The van der Waals surface area contributed by atoms with E-state index in [0.717, 1.165) is 16.7 Å². The lowest BCUT2D eigenvalue weighted by atomic mass is 10.0. The molecule has 0 bridgehead atoms. The summed E-state index contributed by atoms with van der Waals surface area (Å²) in [7, 11) is -3.85. The van der Waals surface area contributed by atoms with Crippen molar-refractivity contribution in [3.8, 4) is 22.9 Å².